The fourth-order valence-corrected chi connectivity index (χ4v) is 1.58. The van der Waals surface area contributed by atoms with E-state index in [1.165, 1.54) is 0 Å². The second kappa shape index (κ2) is 9.67. The number of carbonyl (C=O) groups excluding carboxylic acids is 3. The molecule has 0 unspecified atom stereocenters. The third-order valence-electron chi connectivity index (χ3n) is 1.95. The Labute approximate surface area is 111 Å². The predicted octanol–water partition coefficient (Wildman–Crippen LogP) is -0.946. The molecule has 0 aromatic carbocycles. The van der Waals surface area contributed by atoms with Crippen molar-refractivity contribution in [1.29, 1.82) is 0 Å². The van der Waals surface area contributed by atoms with E-state index >= 15 is 0 Å². The van der Waals surface area contributed by atoms with E-state index < -0.39 is 11.9 Å². The molecule has 0 radical (unpaired) electrons. The Kier molecular flexibility index (Phi) is 8.95. The summed E-state index contributed by atoms with van der Waals surface area (Å²) < 4.78 is 0. The Bertz CT molecular complexity index is 321. The summed E-state index contributed by atoms with van der Waals surface area (Å²) in [6.45, 7) is 4.94. The molecule has 7 heteroatoms. The Morgan fingerprint density at radius 1 is 1.33 bits per heavy atom. The number of nitrogens with two attached hydrogens (primary N) is 1. The second-order valence-corrected chi connectivity index (χ2v) is 4.75. The number of hydrogen-bond acceptors (Lipinski definition) is 5. The Morgan fingerprint density at radius 3 is 2.56 bits per heavy atom. The van der Waals surface area contributed by atoms with Crippen LogP contribution in [0.25, 0.3) is 0 Å². The highest BCUT2D eigenvalue weighted by molar-refractivity contribution is 7.99. The number of hydrogen-bond donors (Lipinski definition) is 3. The van der Waals surface area contributed by atoms with E-state index in [0.717, 1.165) is 11.8 Å². The molecule has 0 bridgehead atoms. The van der Waals surface area contributed by atoms with Crippen LogP contribution in [0.5, 0.6) is 0 Å². The minimum Gasteiger partial charge on any atom is -0.347 e. The SMILES string of the molecule is C=CC(=O)CNC(=O)CNC(=O)[C@H](N)CSCC. The molecule has 6 nitrogen and oxygen atoms in total. The molecule has 18 heavy (non-hydrogen) atoms. The number of amides is 2. The van der Waals surface area contributed by atoms with Crippen LogP contribution in [-0.2, 0) is 14.4 Å². The molecule has 0 aliphatic carbocycles. The summed E-state index contributed by atoms with van der Waals surface area (Å²) in [5.41, 5.74) is 5.60. The van der Waals surface area contributed by atoms with Crippen LogP contribution in [0.1, 0.15) is 6.92 Å². The monoisotopic (exact) mass is 273 g/mol. The van der Waals surface area contributed by atoms with Crippen LogP contribution in [0.4, 0.5) is 0 Å². The van der Waals surface area contributed by atoms with Gasteiger partial charge in [-0.3, -0.25) is 14.4 Å². The van der Waals surface area contributed by atoms with Gasteiger partial charge < -0.3 is 16.4 Å². The van der Waals surface area contributed by atoms with Gasteiger partial charge in [0.1, 0.15) is 0 Å². The van der Waals surface area contributed by atoms with Gasteiger partial charge in [0.15, 0.2) is 5.78 Å². The molecule has 0 aromatic rings. The lowest BCUT2D eigenvalue weighted by atomic mass is 10.3. The van der Waals surface area contributed by atoms with E-state index in [1.54, 1.807) is 11.8 Å². The number of rotatable bonds is 9. The Hall–Kier alpha value is -1.34. The average Bonchev–Trinajstić information content (AvgIpc) is 2.38. The van der Waals surface area contributed by atoms with Crippen LogP contribution in [-0.4, -0.2) is 48.2 Å². The molecule has 102 valence electrons. The number of carbonyl (C=O) groups is 3. The van der Waals surface area contributed by atoms with Crippen molar-refractivity contribution >= 4 is 29.4 Å². The van der Waals surface area contributed by atoms with Crippen LogP contribution in [0, 0.1) is 0 Å². The van der Waals surface area contributed by atoms with Gasteiger partial charge in [-0.25, -0.2) is 0 Å². The molecule has 4 N–H and O–H groups in total. The molecule has 0 aliphatic rings. The zero-order chi connectivity index (χ0) is 14.0. The summed E-state index contributed by atoms with van der Waals surface area (Å²) >= 11 is 1.55. The highest BCUT2D eigenvalue weighted by Crippen LogP contribution is 1.99. The minimum absolute atomic E-state index is 0.115. The number of nitrogens with one attached hydrogen (secondary N) is 2. The lowest BCUT2D eigenvalue weighted by Crippen LogP contribution is -2.46. The van der Waals surface area contributed by atoms with Crippen LogP contribution in [0.15, 0.2) is 12.7 Å². The first kappa shape index (κ1) is 16.7. The van der Waals surface area contributed by atoms with Crippen molar-refractivity contribution in [3.63, 3.8) is 0 Å². The summed E-state index contributed by atoms with van der Waals surface area (Å²) in [6.07, 6.45) is 1.12. The Balaban J connectivity index is 3.80. The second-order valence-electron chi connectivity index (χ2n) is 3.43. The molecule has 1 atom stereocenters. The van der Waals surface area contributed by atoms with Crippen molar-refractivity contribution in [2.45, 2.75) is 13.0 Å². The molecular weight excluding hydrogens is 254 g/mol. The van der Waals surface area contributed by atoms with Gasteiger partial charge in [-0.1, -0.05) is 13.5 Å². The fraction of sp³-hybridized carbons (Fsp3) is 0.545. The van der Waals surface area contributed by atoms with Crippen LogP contribution in [0.3, 0.4) is 0 Å². The third-order valence-corrected chi connectivity index (χ3v) is 2.95. The quantitative estimate of drug-likeness (QED) is 0.470. The van der Waals surface area contributed by atoms with Gasteiger partial charge in [0, 0.05) is 5.75 Å². The first-order chi connectivity index (χ1) is 8.51. The third kappa shape index (κ3) is 7.86. The van der Waals surface area contributed by atoms with Crippen LogP contribution < -0.4 is 16.4 Å². The number of ketones is 1. The summed E-state index contributed by atoms with van der Waals surface area (Å²) in [7, 11) is 0. The fourth-order valence-electron chi connectivity index (χ4n) is 0.939. The molecule has 0 heterocycles. The van der Waals surface area contributed by atoms with Gasteiger partial charge in [-0.05, 0) is 11.8 Å². The van der Waals surface area contributed by atoms with E-state index in [-0.39, 0.29) is 24.8 Å². The summed E-state index contributed by atoms with van der Waals surface area (Å²) in [6, 6.07) is -0.627. The average molecular weight is 273 g/mol. The first-order valence-corrected chi connectivity index (χ1v) is 6.69. The van der Waals surface area contributed by atoms with Crippen molar-refractivity contribution in [2.24, 2.45) is 5.73 Å². The predicted molar refractivity (Wildman–Crippen MR) is 72.2 cm³/mol. The largest absolute Gasteiger partial charge is 0.347 e. The molecule has 0 spiro atoms. The van der Waals surface area contributed by atoms with Gasteiger partial charge >= 0.3 is 0 Å². The summed E-state index contributed by atoms with van der Waals surface area (Å²) in [4.78, 5) is 33.5. The topological polar surface area (TPSA) is 101 Å². The van der Waals surface area contributed by atoms with E-state index in [4.69, 9.17) is 5.73 Å². The van der Waals surface area contributed by atoms with Gasteiger partial charge in [0.25, 0.3) is 0 Å². The summed E-state index contributed by atoms with van der Waals surface area (Å²) in [5, 5.41) is 4.76. The Morgan fingerprint density at radius 2 is 2.00 bits per heavy atom. The van der Waals surface area contributed by atoms with Crippen LogP contribution in [0.2, 0.25) is 0 Å². The normalized spacial score (nSPS) is 11.4. The maximum atomic E-state index is 11.4. The van der Waals surface area contributed by atoms with Crippen molar-refractivity contribution < 1.29 is 14.4 Å². The lowest BCUT2D eigenvalue weighted by Gasteiger charge is -2.11. The van der Waals surface area contributed by atoms with E-state index in [2.05, 4.69) is 17.2 Å². The van der Waals surface area contributed by atoms with Crippen molar-refractivity contribution in [3.8, 4) is 0 Å². The molecule has 0 saturated carbocycles. The highest BCUT2D eigenvalue weighted by atomic mass is 32.2. The zero-order valence-corrected chi connectivity index (χ0v) is 11.2. The first-order valence-electron chi connectivity index (χ1n) is 5.54. The zero-order valence-electron chi connectivity index (χ0n) is 10.4. The van der Waals surface area contributed by atoms with Crippen molar-refractivity contribution in [3.05, 3.63) is 12.7 Å². The maximum absolute atomic E-state index is 11.4. The molecule has 0 aliphatic heterocycles. The van der Waals surface area contributed by atoms with Crippen molar-refractivity contribution in [2.75, 3.05) is 24.6 Å². The van der Waals surface area contributed by atoms with E-state index in [1.807, 2.05) is 6.92 Å². The molecular formula is C11H19N3O3S. The standard InChI is InChI=1S/C11H19N3O3S/c1-3-8(15)5-13-10(16)6-14-11(17)9(12)7-18-4-2/h3,9H,1,4-7,12H2,2H3,(H,13,16)(H,14,17)/t9-/m1/s1. The smallest absolute Gasteiger partial charge is 0.239 e. The van der Waals surface area contributed by atoms with E-state index in [0.29, 0.717) is 5.75 Å². The van der Waals surface area contributed by atoms with Crippen molar-refractivity contribution in [1.82, 2.24) is 10.6 Å². The lowest BCUT2D eigenvalue weighted by molar-refractivity contribution is -0.127. The molecule has 0 aromatic heterocycles. The van der Waals surface area contributed by atoms with Gasteiger partial charge in [-0.2, -0.15) is 11.8 Å². The highest BCUT2D eigenvalue weighted by Gasteiger charge is 2.13. The van der Waals surface area contributed by atoms with Crippen LogP contribution >= 0.6 is 11.8 Å². The minimum atomic E-state index is -0.627. The van der Waals surface area contributed by atoms with Gasteiger partial charge in [0.2, 0.25) is 11.8 Å². The molecule has 0 saturated heterocycles. The maximum Gasteiger partial charge on any atom is 0.239 e. The molecule has 0 fully saturated rings. The summed E-state index contributed by atoms with van der Waals surface area (Å²) in [5.74, 6) is 0.296. The van der Waals surface area contributed by atoms with Gasteiger partial charge in [0.05, 0.1) is 19.1 Å². The van der Waals surface area contributed by atoms with E-state index in [9.17, 15) is 14.4 Å². The number of thioether (sulfide) groups is 1. The van der Waals surface area contributed by atoms with Gasteiger partial charge in [-0.15, -0.1) is 0 Å². The molecule has 0 rings (SSSR count). The molecule has 2 amide bonds.